The van der Waals surface area contributed by atoms with Gasteiger partial charge in [0.05, 0.1) is 0 Å². The second-order valence-corrected chi connectivity index (χ2v) is 8.44. The summed E-state index contributed by atoms with van der Waals surface area (Å²) in [6.07, 6.45) is 1.01. The van der Waals surface area contributed by atoms with Crippen LogP contribution in [0.1, 0.15) is 62.1 Å². The van der Waals surface area contributed by atoms with Gasteiger partial charge in [0.1, 0.15) is 12.3 Å². The van der Waals surface area contributed by atoms with E-state index in [-0.39, 0.29) is 5.92 Å². The first-order valence-corrected chi connectivity index (χ1v) is 10.7. The van der Waals surface area contributed by atoms with Crippen LogP contribution in [-0.2, 0) is 13.0 Å². The minimum Gasteiger partial charge on any atom is -0.297 e. The van der Waals surface area contributed by atoms with Crippen LogP contribution in [0.5, 0.6) is 0 Å². The summed E-state index contributed by atoms with van der Waals surface area (Å²) in [5, 5.41) is 0. The number of rotatable bonds is 8. The van der Waals surface area contributed by atoms with Gasteiger partial charge in [-0.3, -0.25) is 4.90 Å². The molecule has 1 nitrogen and oxygen atoms in total. The number of alkyl halides is 2. The van der Waals surface area contributed by atoms with E-state index in [0.717, 1.165) is 37.9 Å². The highest BCUT2D eigenvalue weighted by Gasteiger charge is 2.31. The molecule has 3 unspecified atom stereocenters. The number of aryl methyl sites for hydroxylation is 1. The Hall–Kier alpha value is -1.74. The Morgan fingerprint density at radius 3 is 2.25 bits per heavy atom. The van der Waals surface area contributed by atoms with Gasteiger partial charge in [0, 0.05) is 12.6 Å². The van der Waals surface area contributed by atoms with E-state index in [0.29, 0.717) is 18.9 Å². The second-order valence-electron chi connectivity index (χ2n) is 8.44. The predicted octanol–water partition coefficient (Wildman–Crippen LogP) is 6.47. The topological polar surface area (TPSA) is 3.24 Å². The molecule has 0 spiro atoms. The molecule has 28 heavy (non-hydrogen) atoms. The Balaban J connectivity index is 1.48. The van der Waals surface area contributed by atoms with Gasteiger partial charge >= 0.3 is 0 Å². The quantitative estimate of drug-likeness (QED) is 0.503. The van der Waals surface area contributed by atoms with Gasteiger partial charge in [0.2, 0.25) is 0 Å². The molecule has 0 bridgehead atoms. The Morgan fingerprint density at radius 1 is 0.893 bits per heavy atom. The summed E-state index contributed by atoms with van der Waals surface area (Å²) in [7, 11) is 0. The number of halogens is 2. The second kappa shape index (κ2) is 10.2. The summed E-state index contributed by atoms with van der Waals surface area (Å²) >= 11 is 0. The fourth-order valence-corrected chi connectivity index (χ4v) is 4.16. The lowest BCUT2D eigenvalue weighted by Crippen LogP contribution is -2.31. The molecule has 0 N–H and O–H groups in total. The van der Waals surface area contributed by atoms with Crippen LogP contribution < -0.4 is 0 Å². The van der Waals surface area contributed by atoms with Crippen LogP contribution in [0, 0.1) is 0 Å². The van der Waals surface area contributed by atoms with Crippen molar-refractivity contribution in [1.82, 2.24) is 4.90 Å². The number of hydrogen-bond acceptors (Lipinski definition) is 1. The SMILES string of the molecule is CC(C)N(CCCc1ccc(C2CCC(F)C(F)C2)cc1)Cc1ccccc1. The largest absolute Gasteiger partial charge is 0.297 e. The molecule has 0 saturated heterocycles. The zero-order valence-electron chi connectivity index (χ0n) is 17.2. The van der Waals surface area contributed by atoms with E-state index in [9.17, 15) is 8.78 Å². The number of nitrogens with zero attached hydrogens (tertiary/aromatic N) is 1. The third kappa shape index (κ3) is 5.88. The van der Waals surface area contributed by atoms with Crippen molar-refractivity contribution in [1.29, 1.82) is 0 Å². The summed E-state index contributed by atoms with van der Waals surface area (Å²) in [6, 6.07) is 19.7. The minimum absolute atomic E-state index is 0.165. The van der Waals surface area contributed by atoms with E-state index in [1.54, 1.807) is 0 Å². The molecular weight excluding hydrogens is 352 g/mol. The highest BCUT2D eigenvalue weighted by molar-refractivity contribution is 5.26. The molecule has 2 aromatic carbocycles. The standard InChI is InChI=1S/C25H33F2N/c1-19(2)28(18-21-7-4-3-5-8-21)16-6-9-20-10-12-22(13-11-20)23-14-15-24(26)25(27)17-23/h3-5,7-8,10-13,19,23-25H,6,9,14-18H2,1-2H3. The van der Waals surface area contributed by atoms with Crippen molar-refractivity contribution in [2.45, 2.75) is 76.8 Å². The fourth-order valence-electron chi connectivity index (χ4n) is 4.16. The Labute approximate surface area is 168 Å². The van der Waals surface area contributed by atoms with Crippen molar-refractivity contribution in [3.05, 3.63) is 71.3 Å². The third-order valence-electron chi connectivity index (χ3n) is 6.01. The third-order valence-corrected chi connectivity index (χ3v) is 6.01. The highest BCUT2D eigenvalue weighted by Crippen LogP contribution is 2.35. The molecule has 0 aromatic heterocycles. The maximum Gasteiger partial charge on any atom is 0.132 e. The molecule has 0 aliphatic heterocycles. The lowest BCUT2D eigenvalue weighted by molar-refractivity contribution is 0.108. The first-order chi connectivity index (χ1) is 13.5. The van der Waals surface area contributed by atoms with Gasteiger partial charge in [-0.25, -0.2) is 8.78 Å². The summed E-state index contributed by atoms with van der Waals surface area (Å²) in [5.41, 5.74) is 3.84. The average Bonchev–Trinajstić information content (AvgIpc) is 2.70. The van der Waals surface area contributed by atoms with Crippen molar-refractivity contribution in [2.24, 2.45) is 0 Å². The molecular formula is C25H33F2N. The fraction of sp³-hybridized carbons (Fsp3) is 0.520. The first-order valence-electron chi connectivity index (χ1n) is 10.7. The van der Waals surface area contributed by atoms with E-state index in [4.69, 9.17) is 0 Å². The predicted molar refractivity (Wildman–Crippen MR) is 113 cm³/mol. The van der Waals surface area contributed by atoms with Crippen LogP contribution in [-0.4, -0.2) is 29.8 Å². The van der Waals surface area contributed by atoms with Gasteiger partial charge in [-0.2, -0.15) is 0 Å². The van der Waals surface area contributed by atoms with E-state index >= 15 is 0 Å². The highest BCUT2D eigenvalue weighted by atomic mass is 19.2. The van der Waals surface area contributed by atoms with E-state index in [2.05, 4.69) is 73.3 Å². The van der Waals surface area contributed by atoms with E-state index < -0.39 is 12.3 Å². The van der Waals surface area contributed by atoms with Crippen LogP contribution in [0.2, 0.25) is 0 Å². The van der Waals surface area contributed by atoms with Gasteiger partial charge in [-0.15, -0.1) is 0 Å². The van der Waals surface area contributed by atoms with Crippen LogP contribution >= 0.6 is 0 Å². The molecule has 1 fully saturated rings. The Kier molecular flexibility index (Phi) is 7.61. The number of hydrogen-bond donors (Lipinski definition) is 0. The minimum atomic E-state index is -1.30. The molecule has 2 aromatic rings. The summed E-state index contributed by atoms with van der Waals surface area (Å²) < 4.78 is 27.0. The molecule has 0 heterocycles. The molecule has 1 aliphatic rings. The zero-order chi connectivity index (χ0) is 19.9. The van der Waals surface area contributed by atoms with Gasteiger partial charge in [0.25, 0.3) is 0 Å². The van der Waals surface area contributed by atoms with Crippen LogP contribution in [0.15, 0.2) is 54.6 Å². The maximum absolute atomic E-state index is 13.7. The van der Waals surface area contributed by atoms with Gasteiger partial charge in [-0.1, -0.05) is 54.6 Å². The monoisotopic (exact) mass is 385 g/mol. The van der Waals surface area contributed by atoms with Gasteiger partial charge in [0.15, 0.2) is 0 Å². The van der Waals surface area contributed by atoms with Gasteiger partial charge in [-0.05, 0) is 75.1 Å². The summed E-state index contributed by atoms with van der Waals surface area (Å²) in [4.78, 5) is 2.51. The number of benzene rings is 2. The Morgan fingerprint density at radius 2 is 1.61 bits per heavy atom. The van der Waals surface area contributed by atoms with Crippen molar-refractivity contribution in [3.8, 4) is 0 Å². The van der Waals surface area contributed by atoms with Crippen molar-refractivity contribution in [3.63, 3.8) is 0 Å². The van der Waals surface area contributed by atoms with Crippen LogP contribution in [0.4, 0.5) is 8.78 Å². The van der Waals surface area contributed by atoms with Crippen molar-refractivity contribution >= 4 is 0 Å². The smallest absolute Gasteiger partial charge is 0.132 e. The molecule has 3 rings (SSSR count). The molecule has 0 amide bonds. The summed E-state index contributed by atoms with van der Waals surface area (Å²) in [6.45, 7) is 6.56. The van der Waals surface area contributed by atoms with Crippen molar-refractivity contribution in [2.75, 3.05) is 6.54 Å². The maximum atomic E-state index is 13.7. The van der Waals surface area contributed by atoms with E-state index in [1.165, 1.54) is 11.1 Å². The normalized spacial score (nSPS) is 22.7. The van der Waals surface area contributed by atoms with E-state index in [1.807, 2.05) is 0 Å². The lowest BCUT2D eigenvalue weighted by atomic mass is 9.82. The molecule has 0 radical (unpaired) electrons. The molecule has 152 valence electrons. The van der Waals surface area contributed by atoms with Crippen LogP contribution in [0.25, 0.3) is 0 Å². The zero-order valence-corrected chi connectivity index (χ0v) is 17.2. The first kappa shape index (κ1) is 21.0. The van der Waals surface area contributed by atoms with Crippen molar-refractivity contribution < 1.29 is 8.78 Å². The lowest BCUT2D eigenvalue weighted by Gasteiger charge is -2.28. The molecule has 3 atom stereocenters. The molecule has 1 saturated carbocycles. The van der Waals surface area contributed by atoms with Gasteiger partial charge < -0.3 is 0 Å². The Bertz CT molecular complexity index is 698. The molecule has 1 aliphatic carbocycles. The molecule has 3 heteroatoms. The summed E-state index contributed by atoms with van der Waals surface area (Å²) in [5.74, 6) is 0.165. The van der Waals surface area contributed by atoms with Crippen LogP contribution in [0.3, 0.4) is 0 Å². The average molecular weight is 386 g/mol.